The van der Waals surface area contributed by atoms with Crippen LogP contribution < -0.4 is 5.32 Å². The lowest BCUT2D eigenvalue weighted by molar-refractivity contribution is 0.574. The maximum atomic E-state index is 13.5. The third-order valence-corrected chi connectivity index (χ3v) is 3.69. The Morgan fingerprint density at radius 1 is 1.00 bits per heavy atom. The first-order valence-electron chi connectivity index (χ1n) is 7.00. The zero-order chi connectivity index (χ0) is 14.7. The molecule has 2 rings (SSSR count). The summed E-state index contributed by atoms with van der Waals surface area (Å²) in [5, 5.41) is 3.31. The van der Waals surface area contributed by atoms with E-state index in [1.54, 1.807) is 6.07 Å². The van der Waals surface area contributed by atoms with Crippen LogP contribution in [0, 0.1) is 26.6 Å². The molecule has 0 radical (unpaired) electrons. The Morgan fingerprint density at radius 2 is 1.65 bits per heavy atom. The van der Waals surface area contributed by atoms with E-state index in [1.165, 1.54) is 22.8 Å². The largest absolute Gasteiger partial charge is 0.313 e. The Bertz CT molecular complexity index is 584. The van der Waals surface area contributed by atoms with E-state index in [9.17, 15) is 4.39 Å². The minimum Gasteiger partial charge on any atom is -0.313 e. The second-order valence-electron chi connectivity index (χ2n) is 5.54. The molecule has 0 saturated heterocycles. The molecule has 1 N–H and O–H groups in total. The average Bonchev–Trinajstić information content (AvgIpc) is 2.38. The molecule has 2 aromatic rings. The molecule has 0 heterocycles. The molecule has 1 atom stereocenters. The van der Waals surface area contributed by atoms with E-state index in [-0.39, 0.29) is 11.9 Å². The van der Waals surface area contributed by atoms with Gasteiger partial charge in [-0.2, -0.15) is 0 Å². The zero-order valence-corrected chi connectivity index (χ0v) is 12.6. The second-order valence-corrected chi connectivity index (χ2v) is 5.54. The third kappa shape index (κ3) is 3.45. The van der Waals surface area contributed by atoms with Gasteiger partial charge in [-0.05, 0) is 63.1 Å². The van der Waals surface area contributed by atoms with Gasteiger partial charge >= 0.3 is 0 Å². The van der Waals surface area contributed by atoms with Crippen LogP contribution in [0.5, 0.6) is 0 Å². The summed E-state index contributed by atoms with van der Waals surface area (Å²) in [5.41, 5.74) is 5.98. The second kappa shape index (κ2) is 6.19. The Labute approximate surface area is 120 Å². The number of nitrogens with one attached hydrogen (secondary N) is 1. The number of aryl methyl sites for hydroxylation is 3. The van der Waals surface area contributed by atoms with Gasteiger partial charge in [-0.1, -0.05) is 35.4 Å². The highest BCUT2D eigenvalue weighted by Gasteiger charge is 2.14. The summed E-state index contributed by atoms with van der Waals surface area (Å²) in [4.78, 5) is 0. The van der Waals surface area contributed by atoms with Crippen LogP contribution in [-0.4, -0.2) is 7.05 Å². The number of likely N-dealkylation sites (N-methyl/N-ethyl adjacent to an activating group) is 1. The van der Waals surface area contributed by atoms with Crippen molar-refractivity contribution in [2.24, 2.45) is 0 Å². The predicted molar refractivity (Wildman–Crippen MR) is 82.6 cm³/mol. The lowest BCUT2D eigenvalue weighted by Crippen LogP contribution is -2.20. The Morgan fingerprint density at radius 3 is 2.25 bits per heavy atom. The molecule has 1 nitrogen and oxygen atoms in total. The maximum absolute atomic E-state index is 13.5. The van der Waals surface area contributed by atoms with Crippen molar-refractivity contribution in [3.63, 3.8) is 0 Å². The summed E-state index contributed by atoms with van der Waals surface area (Å²) in [5.74, 6) is -0.175. The lowest BCUT2D eigenvalue weighted by atomic mass is 9.94. The molecule has 20 heavy (non-hydrogen) atoms. The molecule has 0 amide bonds. The van der Waals surface area contributed by atoms with Crippen molar-refractivity contribution < 1.29 is 4.39 Å². The summed E-state index contributed by atoms with van der Waals surface area (Å²) in [6, 6.07) is 11.7. The summed E-state index contributed by atoms with van der Waals surface area (Å²) >= 11 is 0. The van der Waals surface area contributed by atoms with Gasteiger partial charge in [-0.15, -0.1) is 0 Å². The van der Waals surface area contributed by atoms with E-state index in [4.69, 9.17) is 0 Å². The van der Waals surface area contributed by atoms with Crippen molar-refractivity contribution >= 4 is 0 Å². The van der Waals surface area contributed by atoms with Crippen LogP contribution in [0.1, 0.15) is 33.9 Å². The number of hydrogen-bond acceptors (Lipinski definition) is 1. The minimum absolute atomic E-state index is 0.131. The fraction of sp³-hybridized carbons (Fsp3) is 0.333. The van der Waals surface area contributed by atoms with Gasteiger partial charge in [0.1, 0.15) is 5.82 Å². The molecule has 0 fully saturated rings. The molecule has 0 aliphatic carbocycles. The first kappa shape index (κ1) is 14.7. The molecule has 2 heteroatoms. The maximum Gasteiger partial charge on any atom is 0.123 e. The highest BCUT2D eigenvalue weighted by Crippen LogP contribution is 2.23. The first-order chi connectivity index (χ1) is 9.49. The van der Waals surface area contributed by atoms with Crippen LogP contribution in [-0.2, 0) is 6.42 Å². The van der Waals surface area contributed by atoms with E-state index in [1.807, 2.05) is 20.0 Å². The van der Waals surface area contributed by atoms with Crippen LogP contribution in [0.15, 0.2) is 36.4 Å². The highest BCUT2D eigenvalue weighted by molar-refractivity contribution is 5.34. The van der Waals surface area contributed by atoms with Crippen molar-refractivity contribution in [1.82, 2.24) is 5.32 Å². The van der Waals surface area contributed by atoms with Gasteiger partial charge in [0.2, 0.25) is 0 Å². The number of rotatable bonds is 4. The molecule has 0 spiro atoms. The summed E-state index contributed by atoms with van der Waals surface area (Å²) in [6.07, 6.45) is 0.864. The van der Waals surface area contributed by atoms with Crippen LogP contribution >= 0.6 is 0 Å². The van der Waals surface area contributed by atoms with E-state index < -0.39 is 0 Å². The fourth-order valence-electron chi connectivity index (χ4n) is 2.78. The minimum atomic E-state index is -0.175. The van der Waals surface area contributed by atoms with Crippen LogP contribution in [0.25, 0.3) is 0 Å². The molecular formula is C18H22FN. The molecule has 0 saturated carbocycles. The van der Waals surface area contributed by atoms with Gasteiger partial charge in [-0.3, -0.25) is 0 Å². The molecule has 106 valence electrons. The van der Waals surface area contributed by atoms with Gasteiger partial charge in [0.15, 0.2) is 0 Å². The first-order valence-corrected chi connectivity index (χ1v) is 7.00. The third-order valence-electron chi connectivity index (χ3n) is 3.69. The highest BCUT2D eigenvalue weighted by atomic mass is 19.1. The van der Waals surface area contributed by atoms with E-state index in [0.29, 0.717) is 0 Å². The Hall–Kier alpha value is -1.67. The average molecular weight is 271 g/mol. The van der Waals surface area contributed by atoms with Crippen LogP contribution in [0.3, 0.4) is 0 Å². The van der Waals surface area contributed by atoms with Crippen molar-refractivity contribution in [3.05, 3.63) is 70.0 Å². The van der Waals surface area contributed by atoms with E-state index in [2.05, 4.69) is 37.4 Å². The van der Waals surface area contributed by atoms with Crippen LogP contribution in [0.2, 0.25) is 0 Å². The van der Waals surface area contributed by atoms with Gasteiger partial charge in [0.05, 0.1) is 0 Å². The van der Waals surface area contributed by atoms with Crippen molar-refractivity contribution in [2.75, 3.05) is 7.05 Å². The van der Waals surface area contributed by atoms with Gasteiger partial charge in [0.25, 0.3) is 0 Å². The van der Waals surface area contributed by atoms with Gasteiger partial charge in [-0.25, -0.2) is 4.39 Å². The zero-order valence-electron chi connectivity index (χ0n) is 12.6. The standard InChI is InChI=1S/C18H22FN/c1-12-7-13(2)9-15(8-12)10-18(20-4)17-11-16(19)6-5-14(17)3/h5-9,11,18,20H,10H2,1-4H3. The molecule has 0 aliphatic heterocycles. The molecule has 0 bridgehead atoms. The number of benzene rings is 2. The predicted octanol–water partition coefficient (Wildman–Crippen LogP) is 4.25. The smallest absolute Gasteiger partial charge is 0.123 e. The number of halogens is 1. The SMILES string of the molecule is CNC(Cc1cc(C)cc(C)c1)c1cc(F)ccc1C. The van der Waals surface area contributed by atoms with E-state index in [0.717, 1.165) is 17.5 Å². The molecule has 0 aliphatic rings. The molecule has 1 unspecified atom stereocenters. The lowest BCUT2D eigenvalue weighted by Gasteiger charge is -2.19. The normalized spacial score (nSPS) is 12.4. The quantitative estimate of drug-likeness (QED) is 0.876. The molecule has 2 aromatic carbocycles. The summed E-state index contributed by atoms with van der Waals surface area (Å²) < 4.78 is 13.5. The monoisotopic (exact) mass is 271 g/mol. The topological polar surface area (TPSA) is 12.0 Å². The fourth-order valence-corrected chi connectivity index (χ4v) is 2.78. The van der Waals surface area contributed by atoms with Gasteiger partial charge in [0, 0.05) is 6.04 Å². The summed E-state index contributed by atoms with van der Waals surface area (Å²) in [6.45, 7) is 6.25. The van der Waals surface area contributed by atoms with Gasteiger partial charge < -0.3 is 5.32 Å². The van der Waals surface area contributed by atoms with Crippen LogP contribution in [0.4, 0.5) is 4.39 Å². The van der Waals surface area contributed by atoms with E-state index >= 15 is 0 Å². The Balaban J connectivity index is 2.31. The molecular weight excluding hydrogens is 249 g/mol. The Kier molecular flexibility index (Phi) is 4.56. The summed E-state index contributed by atoms with van der Waals surface area (Å²) in [7, 11) is 1.93. The van der Waals surface area contributed by atoms with Crippen molar-refractivity contribution in [3.8, 4) is 0 Å². The number of hydrogen-bond donors (Lipinski definition) is 1. The van der Waals surface area contributed by atoms with Crippen molar-refractivity contribution in [1.29, 1.82) is 0 Å². The molecule has 0 aromatic heterocycles. The van der Waals surface area contributed by atoms with Crippen molar-refractivity contribution in [2.45, 2.75) is 33.2 Å².